The summed E-state index contributed by atoms with van der Waals surface area (Å²) in [5.41, 5.74) is 3.05. The predicted molar refractivity (Wildman–Crippen MR) is 113 cm³/mol. The van der Waals surface area contributed by atoms with Gasteiger partial charge in [-0.05, 0) is 56.1 Å². The lowest BCUT2D eigenvalue weighted by Gasteiger charge is -2.24. The van der Waals surface area contributed by atoms with Crippen molar-refractivity contribution in [3.63, 3.8) is 0 Å². The molecule has 0 spiro atoms. The fourth-order valence-electron chi connectivity index (χ4n) is 3.87. The number of aromatic nitrogens is 2. The molecule has 0 bridgehead atoms. The van der Waals surface area contributed by atoms with Gasteiger partial charge in [-0.1, -0.05) is 30.3 Å². The summed E-state index contributed by atoms with van der Waals surface area (Å²) in [6.07, 6.45) is 10.5. The van der Waals surface area contributed by atoms with E-state index in [9.17, 15) is 4.79 Å². The molecule has 0 radical (unpaired) electrons. The van der Waals surface area contributed by atoms with Gasteiger partial charge >= 0.3 is 0 Å². The highest BCUT2D eigenvalue weighted by molar-refractivity contribution is 5.95. The number of aromatic amines is 1. The molecule has 1 aliphatic rings. The third-order valence-corrected chi connectivity index (χ3v) is 5.25. The Hall–Kier alpha value is -2.92. The lowest BCUT2D eigenvalue weighted by Crippen LogP contribution is -2.43. The normalized spacial score (nSPS) is 16.0. The van der Waals surface area contributed by atoms with E-state index in [4.69, 9.17) is 0 Å². The molecule has 1 amide bonds. The maximum Gasteiger partial charge on any atom is 0.244 e. The highest BCUT2D eigenvalue weighted by Crippen LogP contribution is 2.17. The van der Waals surface area contributed by atoms with Gasteiger partial charge in [0.25, 0.3) is 0 Å². The van der Waals surface area contributed by atoms with Crippen LogP contribution >= 0.6 is 0 Å². The number of pyridine rings is 1. The van der Waals surface area contributed by atoms with E-state index in [1.807, 2.05) is 30.5 Å². The second-order valence-corrected chi connectivity index (χ2v) is 7.38. The SMILES string of the molecule is O=C(C=Cc1c[nH]c2ncccc12)N[C@@H](Cc1ccccc1)CN1CCCC1. The number of benzene rings is 1. The Morgan fingerprint density at radius 2 is 2.00 bits per heavy atom. The third-order valence-electron chi connectivity index (χ3n) is 5.25. The Morgan fingerprint density at radius 3 is 2.82 bits per heavy atom. The molecule has 1 saturated heterocycles. The van der Waals surface area contributed by atoms with Crippen LogP contribution in [-0.2, 0) is 11.2 Å². The minimum Gasteiger partial charge on any atom is -0.348 e. The van der Waals surface area contributed by atoms with Gasteiger partial charge in [0.1, 0.15) is 5.65 Å². The highest BCUT2D eigenvalue weighted by Gasteiger charge is 2.19. The standard InChI is InChI=1S/C23H26N4O/c28-22(11-10-19-16-25-23-21(19)9-6-12-24-23)26-20(17-27-13-4-5-14-27)15-18-7-2-1-3-8-18/h1-3,6-12,16,20H,4-5,13-15,17H2,(H,24,25)(H,26,28)/t20-/m0/s1. The van der Waals surface area contributed by atoms with E-state index in [0.29, 0.717) is 0 Å². The zero-order valence-corrected chi connectivity index (χ0v) is 16.0. The molecule has 3 heterocycles. The first-order valence-electron chi connectivity index (χ1n) is 9.95. The molecule has 2 aromatic heterocycles. The Morgan fingerprint density at radius 1 is 1.18 bits per heavy atom. The van der Waals surface area contributed by atoms with Crippen molar-refractivity contribution < 1.29 is 4.79 Å². The average molecular weight is 374 g/mol. The van der Waals surface area contributed by atoms with Crippen molar-refractivity contribution in [3.8, 4) is 0 Å². The first-order chi connectivity index (χ1) is 13.8. The number of hydrogen-bond donors (Lipinski definition) is 2. The van der Waals surface area contributed by atoms with Crippen molar-refractivity contribution in [2.24, 2.45) is 0 Å². The van der Waals surface area contributed by atoms with E-state index in [1.54, 1.807) is 12.3 Å². The van der Waals surface area contributed by atoms with Gasteiger partial charge in [-0.25, -0.2) is 4.98 Å². The first-order valence-corrected chi connectivity index (χ1v) is 9.95. The van der Waals surface area contributed by atoms with Crippen LogP contribution in [0.2, 0.25) is 0 Å². The summed E-state index contributed by atoms with van der Waals surface area (Å²) in [7, 11) is 0. The third kappa shape index (κ3) is 4.67. The van der Waals surface area contributed by atoms with Crippen LogP contribution in [0.25, 0.3) is 17.1 Å². The number of hydrogen-bond acceptors (Lipinski definition) is 3. The minimum atomic E-state index is -0.0571. The molecule has 144 valence electrons. The second-order valence-electron chi connectivity index (χ2n) is 7.38. The lowest BCUT2D eigenvalue weighted by atomic mass is 10.1. The highest BCUT2D eigenvalue weighted by atomic mass is 16.1. The van der Waals surface area contributed by atoms with Gasteiger partial charge in [0, 0.05) is 42.0 Å². The molecule has 1 aromatic carbocycles. The van der Waals surface area contributed by atoms with Gasteiger partial charge in [0.15, 0.2) is 0 Å². The van der Waals surface area contributed by atoms with E-state index < -0.39 is 0 Å². The van der Waals surface area contributed by atoms with E-state index in [2.05, 4.69) is 44.5 Å². The molecule has 5 nitrogen and oxygen atoms in total. The van der Waals surface area contributed by atoms with Crippen molar-refractivity contribution in [2.45, 2.75) is 25.3 Å². The Bertz CT molecular complexity index is 941. The van der Waals surface area contributed by atoms with Crippen LogP contribution in [0.3, 0.4) is 0 Å². The number of H-pyrrole nitrogens is 1. The Kier molecular flexibility index (Phi) is 5.83. The van der Waals surface area contributed by atoms with Gasteiger partial charge < -0.3 is 15.2 Å². The van der Waals surface area contributed by atoms with Crippen LogP contribution in [0.15, 0.2) is 60.9 Å². The lowest BCUT2D eigenvalue weighted by molar-refractivity contribution is -0.117. The van der Waals surface area contributed by atoms with Gasteiger partial charge in [-0.2, -0.15) is 0 Å². The smallest absolute Gasteiger partial charge is 0.244 e. The zero-order valence-electron chi connectivity index (χ0n) is 16.0. The van der Waals surface area contributed by atoms with Gasteiger partial charge in [0.2, 0.25) is 5.91 Å². The molecule has 5 heteroatoms. The molecule has 1 fully saturated rings. The van der Waals surface area contributed by atoms with Gasteiger partial charge in [-0.15, -0.1) is 0 Å². The molecule has 4 rings (SSSR count). The zero-order chi connectivity index (χ0) is 19.2. The molecule has 2 N–H and O–H groups in total. The quantitative estimate of drug-likeness (QED) is 0.623. The largest absolute Gasteiger partial charge is 0.348 e. The van der Waals surface area contributed by atoms with Crippen molar-refractivity contribution in [1.82, 2.24) is 20.2 Å². The number of amides is 1. The predicted octanol–water partition coefficient (Wildman–Crippen LogP) is 3.40. The molecule has 0 saturated carbocycles. The molecule has 28 heavy (non-hydrogen) atoms. The number of nitrogens with zero attached hydrogens (tertiary/aromatic N) is 2. The topological polar surface area (TPSA) is 61.0 Å². The first kappa shape index (κ1) is 18.4. The summed E-state index contributed by atoms with van der Waals surface area (Å²) < 4.78 is 0. The van der Waals surface area contributed by atoms with Crippen molar-refractivity contribution in [1.29, 1.82) is 0 Å². The Balaban J connectivity index is 1.43. The van der Waals surface area contributed by atoms with Gasteiger partial charge in [0.05, 0.1) is 0 Å². The van der Waals surface area contributed by atoms with E-state index in [0.717, 1.165) is 42.7 Å². The second kappa shape index (κ2) is 8.85. The maximum atomic E-state index is 12.6. The number of nitrogens with one attached hydrogen (secondary N) is 2. The number of carbonyl (C=O) groups excluding carboxylic acids is 1. The molecule has 1 atom stereocenters. The van der Waals surface area contributed by atoms with Crippen LogP contribution in [0.5, 0.6) is 0 Å². The molecular weight excluding hydrogens is 348 g/mol. The summed E-state index contributed by atoms with van der Waals surface area (Å²) in [5.74, 6) is -0.0571. The number of carbonyl (C=O) groups is 1. The summed E-state index contributed by atoms with van der Waals surface area (Å²) >= 11 is 0. The van der Waals surface area contributed by atoms with E-state index in [-0.39, 0.29) is 11.9 Å². The summed E-state index contributed by atoms with van der Waals surface area (Å²) in [6, 6.07) is 14.4. The molecule has 0 aliphatic carbocycles. The minimum absolute atomic E-state index is 0.0571. The Labute approximate surface area is 165 Å². The number of rotatable bonds is 7. The number of likely N-dealkylation sites (tertiary alicyclic amines) is 1. The molecular formula is C23H26N4O. The summed E-state index contributed by atoms with van der Waals surface area (Å²) in [4.78, 5) is 22.5. The van der Waals surface area contributed by atoms with Crippen LogP contribution in [0.1, 0.15) is 24.0 Å². The average Bonchev–Trinajstić information content (AvgIpc) is 3.37. The van der Waals surface area contributed by atoms with Gasteiger partial charge in [-0.3, -0.25) is 4.79 Å². The summed E-state index contributed by atoms with van der Waals surface area (Å²) in [6.45, 7) is 3.14. The molecule has 0 unspecified atom stereocenters. The van der Waals surface area contributed by atoms with Crippen LogP contribution in [-0.4, -0.2) is 46.5 Å². The monoisotopic (exact) mass is 374 g/mol. The van der Waals surface area contributed by atoms with Crippen LogP contribution < -0.4 is 5.32 Å². The van der Waals surface area contributed by atoms with Crippen molar-refractivity contribution in [2.75, 3.05) is 19.6 Å². The van der Waals surface area contributed by atoms with E-state index in [1.165, 1.54) is 18.4 Å². The van der Waals surface area contributed by atoms with Crippen LogP contribution in [0, 0.1) is 0 Å². The molecule has 3 aromatic rings. The van der Waals surface area contributed by atoms with E-state index >= 15 is 0 Å². The number of fused-ring (bicyclic) bond motifs is 1. The van der Waals surface area contributed by atoms with Crippen molar-refractivity contribution in [3.05, 3.63) is 72.1 Å². The summed E-state index contributed by atoms with van der Waals surface area (Å²) in [5, 5.41) is 4.23. The maximum absolute atomic E-state index is 12.6. The fourth-order valence-corrected chi connectivity index (χ4v) is 3.87. The molecule has 1 aliphatic heterocycles. The fraction of sp³-hybridized carbons (Fsp3) is 0.304. The van der Waals surface area contributed by atoms with Crippen LogP contribution in [0.4, 0.5) is 0 Å². The van der Waals surface area contributed by atoms with Crippen molar-refractivity contribution >= 4 is 23.0 Å².